The van der Waals surface area contributed by atoms with E-state index < -0.39 is 12.0 Å². The van der Waals surface area contributed by atoms with Crippen molar-refractivity contribution in [3.05, 3.63) is 46.7 Å². The van der Waals surface area contributed by atoms with Crippen molar-refractivity contribution >= 4 is 40.6 Å². The van der Waals surface area contributed by atoms with Crippen molar-refractivity contribution in [3.63, 3.8) is 0 Å². The highest BCUT2D eigenvalue weighted by atomic mass is 32.1. The zero-order valence-electron chi connectivity index (χ0n) is 13.8. The van der Waals surface area contributed by atoms with Gasteiger partial charge in [0.2, 0.25) is 5.91 Å². The zero-order chi connectivity index (χ0) is 18.5. The number of anilines is 2. The number of carbonyl (C=O) groups excluding carboxylic acids is 3. The molecule has 9 heteroatoms. The average molecular weight is 374 g/mol. The zero-order valence-corrected chi connectivity index (χ0v) is 14.6. The molecule has 26 heavy (non-hydrogen) atoms. The Morgan fingerprint density at radius 1 is 1.15 bits per heavy atom. The van der Waals surface area contributed by atoms with Crippen molar-refractivity contribution in [2.75, 3.05) is 30.3 Å². The molecule has 0 saturated carbocycles. The lowest BCUT2D eigenvalue weighted by Gasteiger charge is -2.31. The molecule has 0 aliphatic carbocycles. The smallest absolute Gasteiger partial charge is 0.322 e. The Bertz CT molecular complexity index is 809. The topological polar surface area (TPSA) is 114 Å². The number of morpholine rings is 1. The average Bonchev–Trinajstić information content (AvgIpc) is 3.17. The van der Waals surface area contributed by atoms with Crippen LogP contribution in [0.25, 0.3) is 0 Å². The van der Waals surface area contributed by atoms with E-state index in [0.29, 0.717) is 22.8 Å². The Hall–Kier alpha value is -2.91. The molecule has 1 fully saturated rings. The second-order valence-electron chi connectivity index (χ2n) is 5.65. The summed E-state index contributed by atoms with van der Waals surface area (Å²) in [6.07, 6.45) is -0.800. The van der Waals surface area contributed by atoms with Crippen LogP contribution in [0.1, 0.15) is 9.67 Å². The molecule has 8 nitrogen and oxygen atoms in total. The first kappa shape index (κ1) is 17.9. The Labute approximate surface area is 153 Å². The fraction of sp³-hybridized carbons (Fsp3) is 0.235. The van der Waals surface area contributed by atoms with Gasteiger partial charge in [0, 0.05) is 17.9 Å². The summed E-state index contributed by atoms with van der Waals surface area (Å²) in [4.78, 5) is 37.8. The summed E-state index contributed by atoms with van der Waals surface area (Å²) in [5, 5.41) is 7.36. The van der Waals surface area contributed by atoms with Gasteiger partial charge in [0.05, 0.1) is 18.0 Å². The molecule has 4 amide bonds. The number of rotatable bonds is 4. The molecule has 0 radical (unpaired) electrons. The number of benzene rings is 1. The van der Waals surface area contributed by atoms with Crippen LogP contribution in [-0.2, 0) is 9.53 Å². The predicted octanol–water partition coefficient (Wildman–Crippen LogP) is 1.72. The molecule has 3 rings (SSSR count). The second kappa shape index (κ2) is 7.98. The molecule has 1 aliphatic rings. The Balaban J connectivity index is 1.62. The molecule has 0 bridgehead atoms. The van der Waals surface area contributed by atoms with Crippen LogP contribution in [0.3, 0.4) is 0 Å². The van der Waals surface area contributed by atoms with Gasteiger partial charge < -0.3 is 26.0 Å². The first-order valence-electron chi connectivity index (χ1n) is 7.94. The van der Waals surface area contributed by atoms with Gasteiger partial charge in [0.25, 0.3) is 5.91 Å². The number of hydrogen-bond donors (Lipinski definition) is 3. The highest BCUT2D eigenvalue weighted by Gasteiger charge is 2.27. The third-order valence-corrected chi connectivity index (χ3v) is 4.66. The number of nitrogens with one attached hydrogen (secondary N) is 2. The molecule has 136 valence electrons. The molecule has 2 aromatic rings. The lowest BCUT2D eigenvalue weighted by atomic mass is 10.2. The van der Waals surface area contributed by atoms with Crippen LogP contribution < -0.4 is 16.4 Å². The molecular formula is C17H18N4O4S. The van der Waals surface area contributed by atoms with Crippen LogP contribution in [0.5, 0.6) is 0 Å². The van der Waals surface area contributed by atoms with E-state index in [9.17, 15) is 14.4 Å². The summed E-state index contributed by atoms with van der Waals surface area (Å²) in [7, 11) is 0. The van der Waals surface area contributed by atoms with Gasteiger partial charge in [-0.15, -0.1) is 11.3 Å². The fourth-order valence-corrected chi connectivity index (χ4v) is 3.10. The molecule has 1 aromatic heterocycles. The van der Waals surface area contributed by atoms with Crippen molar-refractivity contribution in [1.82, 2.24) is 4.90 Å². The number of urea groups is 1. The maximum Gasteiger partial charge on any atom is 0.322 e. The quantitative estimate of drug-likeness (QED) is 0.756. The minimum absolute atomic E-state index is 0.107. The third kappa shape index (κ3) is 4.38. The second-order valence-corrected chi connectivity index (χ2v) is 6.60. The summed E-state index contributed by atoms with van der Waals surface area (Å²) < 4.78 is 5.23. The van der Waals surface area contributed by atoms with E-state index in [1.54, 1.807) is 36.4 Å². The number of nitrogens with two attached hydrogens (primary N) is 1. The highest BCUT2D eigenvalue weighted by molar-refractivity contribution is 7.12. The molecule has 1 saturated heterocycles. The van der Waals surface area contributed by atoms with Crippen LogP contribution in [0.15, 0.2) is 41.8 Å². The minimum Gasteiger partial charge on any atom is -0.367 e. The predicted molar refractivity (Wildman–Crippen MR) is 98.2 cm³/mol. The Morgan fingerprint density at radius 3 is 2.62 bits per heavy atom. The number of amides is 4. The van der Waals surface area contributed by atoms with Crippen molar-refractivity contribution in [2.24, 2.45) is 5.73 Å². The van der Waals surface area contributed by atoms with Gasteiger partial charge in [-0.3, -0.25) is 9.59 Å². The van der Waals surface area contributed by atoms with E-state index in [0.717, 1.165) is 0 Å². The maximum atomic E-state index is 12.4. The van der Waals surface area contributed by atoms with Crippen molar-refractivity contribution < 1.29 is 19.1 Å². The summed E-state index contributed by atoms with van der Waals surface area (Å²) >= 11 is 1.35. The Kier molecular flexibility index (Phi) is 5.49. The van der Waals surface area contributed by atoms with Crippen LogP contribution in [-0.4, -0.2) is 48.5 Å². The van der Waals surface area contributed by atoms with Crippen LogP contribution in [0.4, 0.5) is 16.2 Å². The largest absolute Gasteiger partial charge is 0.367 e. The van der Waals surface area contributed by atoms with E-state index >= 15 is 0 Å². The SMILES string of the molecule is NC(=O)C1CN(C(=O)Nc2cccc(NC(=O)c3cccs3)c2)CCO1. The summed E-state index contributed by atoms with van der Waals surface area (Å²) in [5.41, 5.74) is 6.32. The number of thiophene rings is 1. The number of nitrogens with zero attached hydrogens (tertiary/aromatic N) is 1. The van der Waals surface area contributed by atoms with E-state index in [4.69, 9.17) is 10.5 Å². The van der Waals surface area contributed by atoms with Crippen LogP contribution >= 0.6 is 11.3 Å². The molecule has 1 aliphatic heterocycles. The van der Waals surface area contributed by atoms with E-state index in [2.05, 4.69) is 10.6 Å². The monoisotopic (exact) mass is 374 g/mol. The number of primary amides is 1. The van der Waals surface area contributed by atoms with E-state index in [-0.39, 0.29) is 25.1 Å². The van der Waals surface area contributed by atoms with E-state index in [1.165, 1.54) is 16.2 Å². The van der Waals surface area contributed by atoms with Gasteiger partial charge in [0.1, 0.15) is 0 Å². The minimum atomic E-state index is -0.800. The molecule has 1 aromatic carbocycles. The summed E-state index contributed by atoms with van der Waals surface area (Å²) in [6, 6.07) is 10.0. The van der Waals surface area contributed by atoms with Crippen molar-refractivity contribution in [3.8, 4) is 0 Å². The van der Waals surface area contributed by atoms with Gasteiger partial charge in [0.15, 0.2) is 6.10 Å². The first-order valence-corrected chi connectivity index (χ1v) is 8.82. The van der Waals surface area contributed by atoms with E-state index in [1.807, 2.05) is 5.38 Å². The molecule has 1 atom stereocenters. The van der Waals surface area contributed by atoms with Gasteiger partial charge >= 0.3 is 6.03 Å². The lowest BCUT2D eigenvalue weighted by molar-refractivity contribution is -0.133. The van der Waals surface area contributed by atoms with Gasteiger partial charge in [-0.25, -0.2) is 4.79 Å². The van der Waals surface area contributed by atoms with Crippen LogP contribution in [0, 0.1) is 0 Å². The number of carbonyl (C=O) groups is 3. The normalized spacial score (nSPS) is 16.8. The van der Waals surface area contributed by atoms with Gasteiger partial charge in [-0.05, 0) is 29.6 Å². The van der Waals surface area contributed by atoms with Gasteiger partial charge in [-0.2, -0.15) is 0 Å². The highest BCUT2D eigenvalue weighted by Crippen LogP contribution is 2.18. The standard InChI is InChI=1S/C17H18N4O4S/c18-15(22)13-10-21(6-7-25-13)17(24)20-12-4-1-3-11(9-12)19-16(23)14-5-2-8-26-14/h1-5,8-9,13H,6-7,10H2,(H2,18,22)(H,19,23)(H,20,24). The van der Waals surface area contributed by atoms with Crippen molar-refractivity contribution in [2.45, 2.75) is 6.10 Å². The third-order valence-electron chi connectivity index (χ3n) is 3.79. The molecule has 2 heterocycles. The summed E-state index contributed by atoms with van der Waals surface area (Å²) in [6.45, 7) is 0.721. The summed E-state index contributed by atoms with van der Waals surface area (Å²) in [5.74, 6) is -0.804. The molecule has 4 N–H and O–H groups in total. The molecular weight excluding hydrogens is 356 g/mol. The Morgan fingerprint density at radius 2 is 1.92 bits per heavy atom. The maximum absolute atomic E-state index is 12.4. The van der Waals surface area contributed by atoms with Crippen molar-refractivity contribution in [1.29, 1.82) is 0 Å². The number of ether oxygens (including phenoxy) is 1. The molecule has 0 spiro atoms. The fourth-order valence-electron chi connectivity index (χ4n) is 2.48. The molecule has 1 unspecified atom stereocenters. The first-order chi connectivity index (χ1) is 12.5. The lowest BCUT2D eigenvalue weighted by Crippen LogP contribution is -2.51. The number of hydrogen-bond acceptors (Lipinski definition) is 5. The van der Waals surface area contributed by atoms with Crippen LogP contribution in [0.2, 0.25) is 0 Å². The van der Waals surface area contributed by atoms with Gasteiger partial charge in [-0.1, -0.05) is 12.1 Å².